The van der Waals surface area contributed by atoms with Gasteiger partial charge in [-0.15, -0.1) is 0 Å². The number of benzene rings is 2. The number of fused-ring (bicyclic) bond motifs is 1. The Bertz CT molecular complexity index is 1490. The molecule has 0 radical (unpaired) electrons. The summed E-state index contributed by atoms with van der Waals surface area (Å²) in [4.78, 5) is 33.3. The van der Waals surface area contributed by atoms with Crippen LogP contribution in [0.1, 0.15) is 13.8 Å². The molecule has 11 nitrogen and oxygen atoms in total. The van der Waals surface area contributed by atoms with Gasteiger partial charge in [-0.05, 0) is 38.1 Å². The average molecular weight is 532 g/mol. The number of hydrogen-bond acceptors (Lipinski definition) is 8. The molecule has 1 saturated heterocycles. The van der Waals surface area contributed by atoms with Crippen LogP contribution in [0, 0.1) is 0 Å². The largest absolute Gasteiger partial charge is 0.495 e. The third-order valence-corrected chi connectivity index (χ3v) is 6.77. The number of methoxy groups -OCH3 is 1. The Balaban J connectivity index is 1.52. The van der Waals surface area contributed by atoms with Crippen molar-refractivity contribution in [2.45, 2.75) is 26.5 Å². The number of para-hydroxylation sites is 2. The van der Waals surface area contributed by atoms with Crippen LogP contribution in [0.5, 0.6) is 11.5 Å². The third-order valence-electron chi connectivity index (χ3n) is 6.18. The van der Waals surface area contributed by atoms with E-state index >= 15 is 0 Å². The summed E-state index contributed by atoms with van der Waals surface area (Å²) in [6.45, 7) is 7.53. The predicted molar refractivity (Wildman–Crippen MR) is 145 cm³/mol. The summed E-state index contributed by atoms with van der Waals surface area (Å²) in [6.07, 6.45) is 0.768. The van der Waals surface area contributed by atoms with E-state index in [1.807, 2.05) is 24.3 Å². The Hall–Kier alpha value is -3.51. The maximum Gasteiger partial charge on any atom is 0.328 e. The molecule has 0 bridgehead atoms. The van der Waals surface area contributed by atoms with E-state index in [2.05, 4.69) is 19.5 Å². The monoisotopic (exact) mass is 531 g/mol. The predicted octanol–water partition coefficient (Wildman–Crippen LogP) is 1.68. The quantitative estimate of drug-likeness (QED) is 0.427. The number of ether oxygens (including phenoxy) is 2. The molecule has 0 atom stereocenters. The number of H-pyrrole nitrogens is 1. The van der Waals surface area contributed by atoms with E-state index in [0.29, 0.717) is 6.54 Å². The van der Waals surface area contributed by atoms with Crippen LogP contribution in [-0.4, -0.2) is 75.1 Å². The molecule has 3 aromatic rings. The highest BCUT2D eigenvalue weighted by Crippen LogP contribution is 2.30. The molecular weight excluding hydrogens is 498 g/mol. The van der Waals surface area contributed by atoms with Gasteiger partial charge in [-0.2, -0.15) is 0 Å². The number of piperazine rings is 1. The minimum absolute atomic E-state index is 0.157. The van der Waals surface area contributed by atoms with Gasteiger partial charge in [-0.3, -0.25) is 19.0 Å². The summed E-state index contributed by atoms with van der Waals surface area (Å²) >= 11 is 0. The maximum absolute atomic E-state index is 13.3. The molecule has 12 heteroatoms. The lowest BCUT2D eigenvalue weighted by molar-refractivity contribution is 0.243. The van der Waals surface area contributed by atoms with Crippen LogP contribution in [0.25, 0.3) is 10.9 Å². The summed E-state index contributed by atoms with van der Waals surface area (Å²) in [6, 6.07) is 10.8. The van der Waals surface area contributed by atoms with E-state index in [1.165, 1.54) is 16.7 Å². The first kappa shape index (κ1) is 26.6. The van der Waals surface area contributed by atoms with Crippen LogP contribution >= 0.6 is 0 Å². The van der Waals surface area contributed by atoms with Crippen molar-refractivity contribution in [1.29, 1.82) is 0 Å². The fraction of sp³-hybridized carbons (Fsp3) is 0.440. The van der Waals surface area contributed by atoms with Crippen molar-refractivity contribution in [2.75, 3.05) is 55.7 Å². The van der Waals surface area contributed by atoms with Gasteiger partial charge >= 0.3 is 5.69 Å². The summed E-state index contributed by atoms with van der Waals surface area (Å²) in [5, 5.41) is 0.246. The zero-order chi connectivity index (χ0) is 26.7. The number of sulfonamides is 1. The zero-order valence-corrected chi connectivity index (χ0v) is 22.3. The molecule has 1 aromatic heterocycles. The van der Waals surface area contributed by atoms with Crippen molar-refractivity contribution < 1.29 is 17.9 Å². The molecular formula is C25H33N5O6S. The molecule has 0 spiro atoms. The van der Waals surface area contributed by atoms with Crippen LogP contribution in [0.15, 0.2) is 46.0 Å². The number of aromatic nitrogens is 2. The first-order chi connectivity index (χ1) is 17.6. The van der Waals surface area contributed by atoms with Gasteiger partial charge < -0.3 is 19.4 Å². The van der Waals surface area contributed by atoms with Crippen LogP contribution < -0.4 is 30.3 Å². The summed E-state index contributed by atoms with van der Waals surface area (Å²) in [5.74, 6) is 1.05. The van der Waals surface area contributed by atoms with E-state index in [1.54, 1.807) is 21.0 Å². The molecule has 37 heavy (non-hydrogen) atoms. The fourth-order valence-corrected chi connectivity index (χ4v) is 5.02. The van der Waals surface area contributed by atoms with Gasteiger partial charge in [0.25, 0.3) is 5.56 Å². The van der Waals surface area contributed by atoms with Crippen molar-refractivity contribution in [3.8, 4) is 11.5 Å². The van der Waals surface area contributed by atoms with Gasteiger partial charge in [0.15, 0.2) is 0 Å². The second-order valence-electron chi connectivity index (χ2n) is 9.32. The lowest BCUT2D eigenvalue weighted by Gasteiger charge is -2.36. The first-order valence-electron chi connectivity index (χ1n) is 12.1. The highest BCUT2D eigenvalue weighted by molar-refractivity contribution is 7.92. The fourth-order valence-electron chi connectivity index (χ4n) is 4.46. The van der Waals surface area contributed by atoms with Gasteiger partial charge in [0.05, 0.1) is 41.7 Å². The number of aromatic amines is 1. The Labute approximate surface area is 215 Å². The molecule has 0 saturated carbocycles. The Morgan fingerprint density at radius 1 is 1.03 bits per heavy atom. The number of hydrogen-bond donors (Lipinski definition) is 2. The Kier molecular flexibility index (Phi) is 7.79. The molecule has 1 fully saturated rings. The van der Waals surface area contributed by atoms with Gasteiger partial charge in [-0.1, -0.05) is 12.1 Å². The van der Waals surface area contributed by atoms with Crippen molar-refractivity contribution >= 4 is 32.3 Å². The lowest BCUT2D eigenvalue weighted by Crippen LogP contribution is -2.48. The van der Waals surface area contributed by atoms with Crippen molar-refractivity contribution in [2.24, 2.45) is 0 Å². The third kappa shape index (κ3) is 6.25. The molecule has 4 rings (SSSR count). The average Bonchev–Trinajstić information content (AvgIpc) is 2.84. The van der Waals surface area contributed by atoms with Crippen molar-refractivity contribution in [3.05, 3.63) is 57.2 Å². The summed E-state index contributed by atoms with van der Waals surface area (Å²) < 4.78 is 38.4. The van der Waals surface area contributed by atoms with E-state index in [0.717, 1.165) is 43.9 Å². The minimum atomic E-state index is -3.60. The highest BCUT2D eigenvalue weighted by atomic mass is 32.2. The maximum atomic E-state index is 13.3. The lowest BCUT2D eigenvalue weighted by atomic mass is 10.2. The molecule has 2 aromatic carbocycles. The van der Waals surface area contributed by atoms with Gasteiger partial charge in [0, 0.05) is 39.3 Å². The molecule has 2 N–H and O–H groups in total. The highest BCUT2D eigenvalue weighted by Gasteiger charge is 2.21. The Morgan fingerprint density at radius 3 is 2.38 bits per heavy atom. The zero-order valence-electron chi connectivity index (χ0n) is 21.5. The van der Waals surface area contributed by atoms with Crippen LogP contribution in [-0.2, 0) is 16.6 Å². The number of anilines is 2. The number of rotatable bonds is 9. The molecule has 200 valence electrons. The topological polar surface area (TPSA) is 126 Å². The van der Waals surface area contributed by atoms with Crippen LogP contribution in [0.3, 0.4) is 0 Å². The standard InChI is InChI=1S/C25H33N5O6S/c1-17(2)36-23-15-18-19(16-20(23)27-37(4,33)34)26-25(32)30(24(18)31)14-11-28-9-12-29(13-10-28)21-7-5-6-8-22(21)35-3/h5-8,15-17,27H,9-14H2,1-4H3,(H,26,32). The van der Waals surface area contributed by atoms with E-state index < -0.39 is 21.3 Å². The van der Waals surface area contributed by atoms with E-state index in [9.17, 15) is 18.0 Å². The molecule has 0 aliphatic carbocycles. The number of nitrogens with zero attached hydrogens (tertiary/aromatic N) is 3. The van der Waals surface area contributed by atoms with Gasteiger partial charge in [-0.25, -0.2) is 13.2 Å². The smallest absolute Gasteiger partial charge is 0.328 e. The second-order valence-corrected chi connectivity index (χ2v) is 11.1. The Morgan fingerprint density at radius 2 is 1.73 bits per heavy atom. The van der Waals surface area contributed by atoms with Crippen LogP contribution in [0.2, 0.25) is 0 Å². The summed E-state index contributed by atoms with van der Waals surface area (Å²) in [7, 11) is -1.94. The SMILES string of the molecule is COc1ccccc1N1CCN(CCn2c(=O)[nH]c3cc(NS(C)(=O)=O)c(OC(C)C)cc3c2=O)CC1. The molecule has 0 unspecified atom stereocenters. The van der Waals surface area contributed by atoms with Crippen LogP contribution in [0.4, 0.5) is 11.4 Å². The summed E-state index contributed by atoms with van der Waals surface area (Å²) in [5.41, 5.74) is 0.443. The minimum Gasteiger partial charge on any atom is -0.495 e. The first-order valence-corrected chi connectivity index (χ1v) is 14.0. The van der Waals surface area contributed by atoms with Crippen molar-refractivity contribution in [1.82, 2.24) is 14.5 Å². The van der Waals surface area contributed by atoms with Crippen molar-refractivity contribution in [3.63, 3.8) is 0 Å². The molecule has 1 aliphatic rings. The molecule has 2 heterocycles. The normalized spacial score (nSPS) is 14.8. The molecule has 0 amide bonds. The molecule has 1 aliphatic heterocycles. The second kappa shape index (κ2) is 10.9. The van der Waals surface area contributed by atoms with E-state index in [-0.39, 0.29) is 35.0 Å². The van der Waals surface area contributed by atoms with E-state index in [4.69, 9.17) is 9.47 Å². The van der Waals surface area contributed by atoms with Gasteiger partial charge in [0.1, 0.15) is 11.5 Å². The van der Waals surface area contributed by atoms with Gasteiger partial charge in [0.2, 0.25) is 10.0 Å². The number of nitrogens with one attached hydrogen (secondary N) is 2.